The van der Waals surface area contributed by atoms with Gasteiger partial charge in [0.2, 0.25) is 11.8 Å². The number of nitrogens with zero attached hydrogens (tertiary/aromatic N) is 2. The number of aromatic nitrogens is 2. The number of halogens is 1. The summed E-state index contributed by atoms with van der Waals surface area (Å²) in [5.74, 6) is 1.18. The van der Waals surface area contributed by atoms with Gasteiger partial charge >= 0.3 is 0 Å². The fourth-order valence-electron chi connectivity index (χ4n) is 1.39. The Balaban J connectivity index is 2.04. The Morgan fingerprint density at radius 1 is 1.32 bits per heavy atom. The van der Waals surface area contributed by atoms with E-state index in [9.17, 15) is 4.39 Å². The van der Waals surface area contributed by atoms with Crippen LogP contribution in [0.15, 0.2) is 27.5 Å². The Morgan fingerprint density at radius 3 is 2.63 bits per heavy atom. The summed E-state index contributed by atoms with van der Waals surface area (Å²) in [4.78, 5) is 0.518. The van der Waals surface area contributed by atoms with E-state index < -0.39 is 0 Å². The Labute approximate surface area is 115 Å². The molecule has 0 amide bonds. The maximum atomic E-state index is 13.6. The predicted octanol–water partition coefficient (Wildman–Crippen LogP) is 3.38. The van der Waals surface area contributed by atoms with E-state index in [1.165, 1.54) is 17.8 Å². The quantitative estimate of drug-likeness (QED) is 0.690. The Bertz CT molecular complexity index is 578. The highest BCUT2D eigenvalue weighted by molar-refractivity contribution is 7.98. The van der Waals surface area contributed by atoms with E-state index in [0.717, 1.165) is 0 Å². The van der Waals surface area contributed by atoms with E-state index in [4.69, 9.17) is 10.2 Å². The zero-order valence-electron chi connectivity index (χ0n) is 11.1. The summed E-state index contributed by atoms with van der Waals surface area (Å²) in [5, 5.41) is 7.95. The number of nitrogen functional groups attached to an aromatic ring is 1. The van der Waals surface area contributed by atoms with Gasteiger partial charge in [-0.05, 0) is 18.2 Å². The smallest absolute Gasteiger partial charge is 0.226 e. The number of hydrogen-bond donors (Lipinski definition) is 1. The summed E-state index contributed by atoms with van der Waals surface area (Å²) in [7, 11) is 0. The minimum atomic E-state index is -0.333. The van der Waals surface area contributed by atoms with Gasteiger partial charge in [0, 0.05) is 16.0 Å². The van der Waals surface area contributed by atoms with Gasteiger partial charge in [-0.1, -0.05) is 20.8 Å². The SMILES string of the molecule is CC(C)(C)c1nnc(CSc2ccc(N)cc2F)o1. The van der Waals surface area contributed by atoms with E-state index in [1.807, 2.05) is 20.8 Å². The van der Waals surface area contributed by atoms with E-state index in [2.05, 4.69) is 10.2 Å². The van der Waals surface area contributed by atoms with Crippen LogP contribution >= 0.6 is 11.8 Å². The molecule has 0 aliphatic rings. The van der Waals surface area contributed by atoms with E-state index in [-0.39, 0.29) is 11.2 Å². The van der Waals surface area contributed by atoms with Crippen molar-refractivity contribution in [2.24, 2.45) is 0 Å². The average molecular weight is 281 g/mol. The van der Waals surface area contributed by atoms with Gasteiger partial charge in [0.15, 0.2) is 0 Å². The van der Waals surface area contributed by atoms with Crippen molar-refractivity contribution in [2.75, 3.05) is 5.73 Å². The molecule has 102 valence electrons. The third kappa shape index (κ3) is 3.47. The molecule has 0 unspecified atom stereocenters. The van der Waals surface area contributed by atoms with Crippen molar-refractivity contribution in [2.45, 2.75) is 36.8 Å². The molecule has 1 aromatic heterocycles. The number of nitrogens with two attached hydrogens (primary N) is 1. The molecule has 2 aromatic rings. The molecule has 2 rings (SSSR count). The molecule has 0 atom stereocenters. The molecule has 2 N–H and O–H groups in total. The fraction of sp³-hybridized carbons (Fsp3) is 0.385. The van der Waals surface area contributed by atoms with Gasteiger partial charge in [-0.25, -0.2) is 4.39 Å². The number of anilines is 1. The van der Waals surface area contributed by atoms with Crippen molar-refractivity contribution < 1.29 is 8.81 Å². The van der Waals surface area contributed by atoms with Crippen molar-refractivity contribution >= 4 is 17.4 Å². The topological polar surface area (TPSA) is 64.9 Å². The fourth-order valence-corrected chi connectivity index (χ4v) is 2.15. The van der Waals surface area contributed by atoms with Crippen LogP contribution in [0.4, 0.5) is 10.1 Å². The third-order valence-corrected chi connectivity index (χ3v) is 3.45. The third-order valence-electron chi connectivity index (χ3n) is 2.42. The van der Waals surface area contributed by atoms with Crippen LogP contribution in [0.5, 0.6) is 0 Å². The molecule has 0 fully saturated rings. The second kappa shape index (κ2) is 5.21. The molecule has 0 bridgehead atoms. The molecular formula is C13H16FN3OS. The molecule has 0 aliphatic carbocycles. The Morgan fingerprint density at radius 2 is 2.05 bits per heavy atom. The van der Waals surface area contributed by atoms with Crippen molar-refractivity contribution in [3.8, 4) is 0 Å². The summed E-state index contributed by atoms with van der Waals surface area (Å²) in [5.41, 5.74) is 5.73. The predicted molar refractivity (Wildman–Crippen MR) is 73.4 cm³/mol. The molecule has 0 spiro atoms. The molecule has 0 saturated carbocycles. The zero-order chi connectivity index (χ0) is 14.0. The van der Waals surface area contributed by atoms with Crippen LogP contribution in [0, 0.1) is 5.82 Å². The van der Waals surface area contributed by atoms with E-state index in [1.54, 1.807) is 12.1 Å². The number of rotatable bonds is 3. The molecule has 1 heterocycles. The number of thioether (sulfide) groups is 1. The lowest BCUT2D eigenvalue weighted by atomic mass is 9.97. The molecule has 4 nitrogen and oxygen atoms in total. The summed E-state index contributed by atoms with van der Waals surface area (Å²) >= 11 is 1.31. The van der Waals surface area contributed by atoms with Gasteiger partial charge in [0.05, 0.1) is 5.75 Å². The van der Waals surface area contributed by atoms with Crippen molar-refractivity contribution in [1.29, 1.82) is 0 Å². The van der Waals surface area contributed by atoms with Crippen molar-refractivity contribution in [3.63, 3.8) is 0 Å². The first-order valence-corrected chi connectivity index (χ1v) is 6.85. The van der Waals surface area contributed by atoms with Crippen LogP contribution in [-0.2, 0) is 11.2 Å². The highest BCUT2D eigenvalue weighted by Crippen LogP contribution is 2.27. The summed E-state index contributed by atoms with van der Waals surface area (Å²) in [6.45, 7) is 5.99. The van der Waals surface area contributed by atoms with Crippen LogP contribution < -0.4 is 5.73 Å². The van der Waals surface area contributed by atoms with Crippen LogP contribution in [0.2, 0.25) is 0 Å². The first-order valence-electron chi connectivity index (χ1n) is 5.87. The molecule has 0 saturated heterocycles. The second-order valence-corrected chi connectivity index (χ2v) is 6.25. The van der Waals surface area contributed by atoms with Crippen LogP contribution in [0.3, 0.4) is 0 Å². The zero-order valence-corrected chi connectivity index (χ0v) is 11.9. The Hall–Kier alpha value is -1.56. The molecule has 0 aliphatic heterocycles. The van der Waals surface area contributed by atoms with Gasteiger partial charge in [-0.3, -0.25) is 0 Å². The second-order valence-electron chi connectivity index (χ2n) is 5.23. The molecule has 6 heteroatoms. The van der Waals surface area contributed by atoms with Gasteiger partial charge < -0.3 is 10.2 Å². The first-order chi connectivity index (χ1) is 8.86. The average Bonchev–Trinajstić information content (AvgIpc) is 2.76. The highest BCUT2D eigenvalue weighted by Gasteiger charge is 2.21. The van der Waals surface area contributed by atoms with E-state index >= 15 is 0 Å². The number of hydrogen-bond acceptors (Lipinski definition) is 5. The monoisotopic (exact) mass is 281 g/mol. The van der Waals surface area contributed by atoms with Gasteiger partial charge in [0.25, 0.3) is 0 Å². The lowest BCUT2D eigenvalue weighted by Crippen LogP contribution is -2.11. The lowest BCUT2D eigenvalue weighted by molar-refractivity contribution is 0.378. The van der Waals surface area contributed by atoms with Crippen LogP contribution in [0.1, 0.15) is 32.6 Å². The van der Waals surface area contributed by atoms with E-state index in [0.29, 0.717) is 28.1 Å². The van der Waals surface area contributed by atoms with Gasteiger partial charge in [-0.15, -0.1) is 22.0 Å². The largest absolute Gasteiger partial charge is 0.424 e. The maximum absolute atomic E-state index is 13.6. The maximum Gasteiger partial charge on any atom is 0.226 e. The lowest BCUT2D eigenvalue weighted by Gasteiger charge is -2.10. The van der Waals surface area contributed by atoms with Gasteiger partial charge in [-0.2, -0.15) is 0 Å². The number of benzene rings is 1. The Kier molecular flexibility index (Phi) is 3.80. The molecule has 19 heavy (non-hydrogen) atoms. The highest BCUT2D eigenvalue weighted by atomic mass is 32.2. The summed E-state index contributed by atoms with van der Waals surface area (Å²) < 4.78 is 19.1. The molecule has 1 aromatic carbocycles. The summed E-state index contributed by atoms with van der Waals surface area (Å²) in [6.07, 6.45) is 0. The first kappa shape index (κ1) is 13.9. The van der Waals surface area contributed by atoms with Crippen LogP contribution in [-0.4, -0.2) is 10.2 Å². The van der Waals surface area contributed by atoms with Crippen molar-refractivity contribution in [1.82, 2.24) is 10.2 Å². The standard InChI is InChI=1S/C13H16FN3OS/c1-13(2,3)12-17-16-11(18-12)7-19-10-5-4-8(15)6-9(10)14/h4-6H,7,15H2,1-3H3. The minimum absolute atomic E-state index is 0.178. The minimum Gasteiger partial charge on any atom is -0.424 e. The van der Waals surface area contributed by atoms with Crippen LogP contribution in [0.25, 0.3) is 0 Å². The van der Waals surface area contributed by atoms with Crippen molar-refractivity contribution in [3.05, 3.63) is 35.8 Å². The normalized spacial score (nSPS) is 11.8. The van der Waals surface area contributed by atoms with Gasteiger partial charge in [0.1, 0.15) is 5.82 Å². The molecule has 0 radical (unpaired) electrons. The molecular weight excluding hydrogens is 265 g/mol. The summed E-state index contributed by atoms with van der Waals surface area (Å²) in [6, 6.07) is 4.62.